The summed E-state index contributed by atoms with van der Waals surface area (Å²) in [4.78, 5) is 0. The fourth-order valence-corrected chi connectivity index (χ4v) is 3.20. The normalized spacial score (nSPS) is 41.0. The van der Waals surface area contributed by atoms with Gasteiger partial charge in [-0.05, 0) is 25.2 Å². The Hall–Kier alpha value is -0.480. The molecule has 2 rings (SSSR count). The van der Waals surface area contributed by atoms with Crippen LogP contribution in [-0.2, 0) is 0 Å². The molecule has 90 valence electrons. The molecule has 0 radical (unpaired) electrons. The van der Waals surface area contributed by atoms with Crippen LogP contribution in [0.2, 0.25) is 0 Å². The highest BCUT2D eigenvalue weighted by atomic mass is 16.3. The minimum Gasteiger partial charge on any atom is -0.377 e. The topological polar surface area (TPSA) is 20.2 Å². The molecule has 2 saturated carbocycles. The van der Waals surface area contributed by atoms with E-state index in [1.807, 2.05) is 0 Å². The molecular formula is C15H24O. The molecule has 0 unspecified atom stereocenters. The Morgan fingerprint density at radius 2 is 1.62 bits per heavy atom. The zero-order valence-electron chi connectivity index (χ0n) is 10.3. The molecule has 0 aromatic carbocycles. The summed E-state index contributed by atoms with van der Waals surface area (Å²) in [6, 6.07) is 0. The molecular weight excluding hydrogens is 196 g/mol. The Morgan fingerprint density at radius 1 is 1.00 bits per heavy atom. The number of aliphatic hydroxyl groups is 1. The van der Waals surface area contributed by atoms with E-state index < -0.39 is 5.60 Å². The molecule has 0 amide bonds. The summed E-state index contributed by atoms with van der Waals surface area (Å²) in [7, 11) is 0. The highest BCUT2D eigenvalue weighted by Crippen LogP contribution is 2.51. The van der Waals surface area contributed by atoms with Gasteiger partial charge in [0.05, 0.1) is 0 Å². The number of hydrogen-bond acceptors (Lipinski definition) is 1. The first-order chi connectivity index (χ1) is 7.76. The molecule has 1 N–H and O–H groups in total. The Bertz CT molecular complexity index is 265. The van der Waals surface area contributed by atoms with Crippen molar-refractivity contribution in [2.45, 2.75) is 69.8 Å². The first-order valence-corrected chi connectivity index (χ1v) is 6.96. The van der Waals surface area contributed by atoms with E-state index >= 15 is 0 Å². The van der Waals surface area contributed by atoms with Crippen LogP contribution in [0.15, 0.2) is 0 Å². The lowest BCUT2D eigenvalue weighted by Crippen LogP contribution is -2.30. The maximum absolute atomic E-state index is 10.4. The molecule has 0 spiro atoms. The largest absolute Gasteiger partial charge is 0.377 e. The van der Waals surface area contributed by atoms with E-state index in [1.165, 1.54) is 51.4 Å². The summed E-state index contributed by atoms with van der Waals surface area (Å²) in [6.45, 7) is 0. The standard InChI is InChI=1S/C15H24O/c1-2-15(16)11-9-7-5-3-4-6-8-10-13-12-14(13)15/h1,13-14,16H,3-12H2/t13-,14-,15-/m0/s1. The SMILES string of the molecule is C#C[C@]1(O)CCCCCCCCC[C@H]2C[C@@H]21. The number of rotatable bonds is 0. The predicted molar refractivity (Wildman–Crippen MR) is 66.9 cm³/mol. The second-order valence-electron chi connectivity index (χ2n) is 5.68. The van der Waals surface area contributed by atoms with Crippen molar-refractivity contribution in [1.29, 1.82) is 0 Å². The van der Waals surface area contributed by atoms with E-state index in [2.05, 4.69) is 5.92 Å². The molecule has 0 aromatic rings. The van der Waals surface area contributed by atoms with Crippen molar-refractivity contribution in [2.24, 2.45) is 11.8 Å². The summed E-state index contributed by atoms with van der Waals surface area (Å²) in [5.74, 6) is 3.82. The zero-order valence-corrected chi connectivity index (χ0v) is 10.3. The molecule has 1 nitrogen and oxygen atoms in total. The first kappa shape index (κ1) is 12.0. The average molecular weight is 220 g/mol. The maximum Gasteiger partial charge on any atom is 0.128 e. The van der Waals surface area contributed by atoms with Gasteiger partial charge in [0.15, 0.2) is 0 Å². The van der Waals surface area contributed by atoms with Gasteiger partial charge in [-0.25, -0.2) is 0 Å². The minimum absolute atomic E-state index is 0.414. The van der Waals surface area contributed by atoms with Crippen LogP contribution >= 0.6 is 0 Å². The molecule has 1 heteroatoms. The van der Waals surface area contributed by atoms with Crippen LogP contribution in [0.25, 0.3) is 0 Å². The Kier molecular flexibility index (Phi) is 3.92. The predicted octanol–water partition coefficient (Wildman–Crippen LogP) is 3.51. The van der Waals surface area contributed by atoms with Crippen LogP contribution in [0.5, 0.6) is 0 Å². The van der Waals surface area contributed by atoms with Gasteiger partial charge in [-0.1, -0.05) is 50.9 Å². The van der Waals surface area contributed by atoms with E-state index in [0.29, 0.717) is 5.92 Å². The second-order valence-corrected chi connectivity index (χ2v) is 5.68. The Morgan fingerprint density at radius 3 is 2.31 bits per heavy atom. The van der Waals surface area contributed by atoms with Gasteiger partial charge < -0.3 is 5.11 Å². The number of hydrogen-bond donors (Lipinski definition) is 1. The number of terminal acetylenes is 1. The van der Waals surface area contributed by atoms with Crippen LogP contribution in [-0.4, -0.2) is 10.7 Å². The van der Waals surface area contributed by atoms with Gasteiger partial charge in [0.25, 0.3) is 0 Å². The quantitative estimate of drug-likeness (QED) is 0.619. The molecule has 2 aliphatic carbocycles. The maximum atomic E-state index is 10.4. The van der Waals surface area contributed by atoms with Crippen LogP contribution < -0.4 is 0 Å². The summed E-state index contributed by atoms with van der Waals surface area (Å²) < 4.78 is 0. The highest BCUT2D eigenvalue weighted by Gasteiger charge is 2.49. The third-order valence-electron chi connectivity index (χ3n) is 4.42. The van der Waals surface area contributed by atoms with Crippen molar-refractivity contribution in [1.82, 2.24) is 0 Å². The lowest BCUT2D eigenvalue weighted by Gasteiger charge is -2.23. The minimum atomic E-state index is -0.774. The van der Waals surface area contributed by atoms with Gasteiger partial charge in [0, 0.05) is 5.92 Å². The summed E-state index contributed by atoms with van der Waals surface area (Å²) in [5, 5.41) is 10.4. The molecule has 0 aromatic heterocycles. The van der Waals surface area contributed by atoms with Crippen molar-refractivity contribution in [2.75, 3.05) is 0 Å². The van der Waals surface area contributed by atoms with E-state index in [9.17, 15) is 5.11 Å². The Labute approximate surface area is 99.6 Å². The van der Waals surface area contributed by atoms with Gasteiger partial charge in [0.2, 0.25) is 0 Å². The van der Waals surface area contributed by atoms with Gasteiger partial charge in [-0.3, -0.25) is 0 Å². The van der Waals surface area contributed by atoms with Crippen molar-refractivity contribution in [3.05, 3.63) is 0 Å². The summed E-state index contributed by atoms with van der Waals surface area (Å²) in [6.07, 6.45) is 17.9. The van der Waals surface area contributed by atoms with Gasteiger partial charge in [-0.2, -0.15) is 0 Å². The fraction of sp³-hybridized carbons (Fsp3) is 0.867. The van der Waals surface area contributed by atoms with E-state index in [0.717, 1.165) is 18.8 Å². The van der Waals surface area contributed by atoms with Crippen LogP contribution in [0.4, 0.5) is 0 Å². The van der Waals surface area contributed by atoms with Gasteiger partial charge in [-0.15, -0.1) is 6.42 Å². The van der Waals surface area contributed by atoms with E-state index in [1.54, 1.807) is 0 Å². The van der Waals surface area contributed by atoms with Crippen molar-refractivity contribution in [3.8, 4) is 12.3 Å². The smallest absolute Gasteiger partial charge is 0.128 e. The summed E-state index contributed by atoms with van der Waals surface area (Å²) >= 11 is 0. The van der Waals surface area contributed by atoms with Crippen molar-refractivity contribution >= 4 is 0 Å². The van der Waals surface area contributed by atoms with Crippen molar-refractivity contribution in [3.63, 3.8) is 0 Å². The zero-order chi connectivity index (χ0) is 11.4. The highest BCUT2D eigenvalue weighted by molar-refractivity contribution is 5.16. The third-order valence-corrected chi connectivity index (χ3v) is 4.42. The van der Waals surface area contributed by atoms with Gasteiger partial charge >= 0.3 is 0 Å². The molecule has 3 atom stereocenters. The van der Waals surface area contributed by atoms with E-state index in [4.69, 9.17) is 6.42 Å². The molecule has 0 saturated heterocycles. The summed E-state index contributed by atoms with van der Waals surface area (Å²) in [5.41, 5.74) is -0.774. The second kappa shape index (κ2) is 5.23. The van der Waals surface area contributed by atoms with Crippen LogP contribution in [0.3, 0.4) is 0 Å². The third kappa shape index (κ3) is 2.80. The van der Waals surface area contributed by atoms with Crippen molar-refractivity contribution < 1.29 is 5.11 Å². The fourth-order valence-electron chi connectivity index (χ4n) is 3.20. The lowest BCUT2D eigenvalue weighted by molar-refractivity contribution is 0.0591. The number of fused-ring (bicyclic) bond motifs is 1. The molecule has 0 bridgehead atoms. The van der Waals surface area contributed by atoms with Crippen LogP contribution in [0.1, 0.15) is 64.2 Å². The molecule has 16 heavy (non-hydrogen) atoms. The first-order valence-electron chi connectivity index (χ1n) is 6.96. The lowest BCUT2D eigenvalue weighted by atomic mass is 9.89. The monoisotopic (exact) mass is 220 g/mol. The molecule has 0 aliphatic heterocycles. The van der Waals surface area contributed by atoms with E-state index in [-0.39, 0.29) is 0 Å². The van der Waals surface area contributed by atoms with Gasteiger partial charge in [0.1, 0.15) is 5.60 Å². The molecule has 2 aliphatic rings. The van der Waals surface area contributed by atoms with Crippen LogP contribution in [0, 0.1) is 24.2 Å². The average Bonchev–Trinajstić information content (AvgIpc) is 3.05. The molecule has 0 heterocycles. The molecule has 2 fully saturated rings. The Balaban J connectivity index is 1.91.